The van der Waals surface area contributed by atoms with Crippen molar-refractivity contribution in [1.82, 2.24) is 0 Å². The Morgan fingerprint density at radius 3 is 2.77 bits per heavy atom. The fourth-order valence-corrected chi connectivity index (χ4v) is 2.45. The van der Waals surface area contributed by atoms with E-state index in [1.165, 1.54) is 6.07 Å². The Labute approximate surface area is 132 Å². The molecule has 0 unspecified atom stereocenters. The second kappa shape index (κ2) is 5.77. The summed E-state index contributed by atoms with van der Waals surface area (Å²) in [4.78, 5) is 12.3. The molecule has 0 saturated heterocycles. The van der Waals surface area contributed by atoms with Crippen molar-refractivity contribution in [1.29, 1.82) is 0 Å². The van der Waals surface area contributed by atoms with Gasteiger partial charge in [0.25, 0.3) is 5.91 Å². The van der Waals surface area contributed by atoms with Crippen LogP contribution in [0.1, 0.15) is 15.9 Å². The van der Waals surface area contributed by atoms with Crippen LogP contribution in [0.2, 0.25) is 5.02 Å². The van der Waals surface area contributed by atoms with Gasteiger partial charge in [0.05, 0.1) is 10.7 Å². The average Bonchev–Trinajstić information content (AvgIpc) is 2.50. The number of aromatic hydroxyl groups is 1. The summed E-state index contributed by atoms with van der Waals surface area (Å²) in [5, 5.41) is 12.8. The maximum atomic E-state index is 12.3. The number of carbonyl (C=O) groups is 1. The summed E-state index contributed by atoms with van der Waals surface area (Å²) in [5.41, 5.74) is 1.56. The first kappa shape index (κ1) is 14.5. The summed E-state index contributed by atoms with van der Waals surface area (Å²) in [6, 6.07) is 8.09. The lowest BCUT2D eigenvalue weighted by Gasteiger charge is -2.20. The summed E-state index contributed by atoms with van der Waals surface area (Å²) < 4.78 is 10.9. The lowest BCUT2D eigenvalue weighted by molar-refractivity contribution is 0.102. The molecule has 0 fully saturated rings. The van der Waals surface area contributed by atoms with Gasteiger partial charge in [0.1, 0.15) is 19.0 Å². The van der Waals surface area contributed by atoms with Gasteiger partial charge < -0.3 is 19.9 Å². The van der Waals surface area contributed by atoms with Crippen molar-refractivity contribution in [2.24, 2.45) is 0 Å². The fraction of sp³-hybridized carbons (Fsp3) is 0.188. The quantitative estimate of drug-likeness (QED) is 0.833. The zero-order valence-corrected chi connectivity index (χ0v) is 12.6. The van der Waals surface area contributed by atoms with E-state index in [1.807, 2.05) is 6.92 Å². The average molecular weight is 320 g/mol. The lowest BCUT2D eigenvalue weighted by atomic mass is 10.1. The summed E-state index contributed by atoms with van der Waals surface area (Å²) in [5.74, 6) is 0.509. The highest BCUT2D eigenvalue weighted by Crippen LogP contribution is 2.38. The van der Waals surface area contributed by atoms with Crippen LogP contribution in [0.5, 0.6) is 17.2 Å². The third-order valence-electron chi connectivity index (χ3n) is 3.26. The van der Waals surface area contributed by atoms with E-state index in [0.717, 1.165) is 5.56 Å². The highest BCUT2D eigenvalue weighted by Gasteiger charge is 2.19. The molecule has 5 nitrogen and oxygen atoms in total. The summed E-state index contributed by atoms with van der Waals surface area (Å²) in [6.07, 6.45) is 0. The molecule has 2 aromatic rings. The maximum absolute atomic E-state index is 12.3. The predicted octanol–water partition coefficient (Wildman–Crippen LogP) is 3.38. The molecule has 22 heavy (non-hydrogen) atoms. The van der Waals surface area contributed by atoms with Gasteiger partial charge in [-0.3, -0.25) is 4.79 Å². The molecular weight excluding hydrogens is 306 g/mol. The number of anilines is 1. The lowest BCUT2D eigenvalue weighted by Crippen LogP contribution is -2.17. The fourth-order valence-electron chi connectivity index (χ4n) is 2.18. The molecule has 0 aromatic heterocycles. The molecule has 3 rings (SSSR count). The van der Waals surface area contributed by atoms with E-state index in [1.54, 1.807) is 24.3 Å². The van der Waals surface area contributed by atoms with Crippen molar-refractivity contribution in [3.8, 4) is 17.2 Å². The Kier molecular flexibility index (Phi) is 3.81. The predicted molar refractivity (Wildman–Crippen MR) is 83.2 cm³/mol. The van der Waals surface area contributed by atoms with Gasteiger partial charge in [-0.1, -0.05) is 17.7 Å². The topological polar surface area (TPSA) is 67.8 Å². The van der Waals surface area contributed by atoms with E-state index in [0.29, 0.717) is 41.0 Å². The number of carbonyl (C=O) groups excluding carboxylic acids is 1. The van der Waals surface area contributed by atoms with Gasteiger partial charge >= 0.3 is 0 Å². The summed E-state index contributed by atoms with van der Waals surface area (Å²) in [6.45, 7) is 2.69. The van der Waals surface area contributed by atoms with Crippen molar-refractivity contribution in [2.75, 3.05) is 18.5 Å². The number of hydrogen-bond acceptors (Lipinski definition) is 4. The molecule has 1 amide bonds. The van der Waals surface area contributed by atoms with E-state index < -0.39 is 5.91 Å². The van der Waals surface area contributed by atoms with Crippen molar-refractivity contribution in [2.45, 2.75) is 6.92 Å². The third-order valence-corrected chi connectivity index (χ3v) is 3.54. The number of aryl methyl sites for hydroxylation is 1. The highest BCUT2D eigenvalue weighted by molar-refractivity contribution is 6.32. The van der Waals surface area contributed by atoms with E-state index >= 15 is 0 Å². The molecule has 1 aliphatic rings. The monoisotopic (exact) mass is 319 g/mol. The normalized spacial score (nSPS) is 12.8. The molecule has 6 heteroatoms. The van der Waals surface area contributed by atoms with Crippen LogP contribution in [-0.4, -0.2) is 24.2 Å². The van der Waals surface area contributed by atoms with Gasteiger partial charge in [0, 0.05) is 5.56 Å². The Bertz CT molecular complexity index is 745. The number of amides is 1. The zero-order chi connectivity index (χ0) is 15.7. The second-order valence-electron chi connectivity index (χ2n) is 4.96. The Morgan fingerprint density at radius 2 is 2.00 bits per heavy atom. The summed E-state index contributed by atoms with van der Waals surface area (Å²) >= 11 is 6.11. The number of ether oxygens (including phenoxy) is 2. The van der Waals surface area contributed by atoms with Crippen molar-refractivity contribution in [3.63, 3.8) is 0 Å². The number of benzene rings is 2. The number of hydrogen-bond donors (Lipinski definition) is 2. The zero-order valence-electron chi connectivity index (χ0n) is 11.9. The molecular formula is C16H14ClNO4. The van der Waals surface area contributed by atoms with E-state index in [2.05, 4.69) is 5.32 Å². The molecule has 0 aliphatic carbocycles. The number of fused-ring (bicyclic) bond motifs is 1. The second-order valence-corrected chi connectivity index (χ2v) is 5.36. The van der Waals surface area contributed by atoms with Crippen LogP contribution < -0.4 is 14.8 Å². The molecule has 0 spiro atoms. The van der Waals surface area contributed by atoms with Crippen LogP contribution in [0.15, 0.2) is 30.3 Å². The minimum absolute atomic E-state index is 0.0111. The van der Waals surface area contributed by atoms with Gasteiger partial charge in [-0.15, -0.1) is 0 Å². The van der Waals surface area contributed by atoms with Gasteiger partial charge in [-0.05, 0) is 36.8 Å². The Morgan fingerprint density at radius 1 is 1.23 bits per heavy atom. The smallest absolute Gasteiger partial charge is 0.255 e. The van der Waals surface area contributed by atoms with Gasteiger partial charge in [0.15, 0.2) is 11.5 Å². The molecule has 1 aliphatic heterocycles. The first-order chi connectivity index (χ1) is 10.5. The van der Waals surface area contributed by atoms with Crippen LogP contribution >= 0.6 is 11.6 Å². The molecule has 2 aromatic carbocycles. The molecule has 1 heterocycles. The number of halogens is 1. The van der Waals surface area contributed by atoms with Crippen molar-refractivity contribution in [3.05, 3.63) is 46.5 Å². The van der Waals surface area contributed by atoms with E-state index in [-0.39, 0.29) is 5.75 Å². The standard InChI is InChI=1S/C16H14ClNO4/c1-9-2-3-12(13(19)6-9)18-16(20)10-7-11(17)15-14(8-10)21-4-5-22-15/h2-3,6-8,19H,4-5H2,1H3,(H,18,20). The first-order valence-electron chi connectivity index (χ1n) is 6.75. The molecule has 0 atom stereocenters. The summed E-state index contributed by atoms with van der Waals surface area (Å²) in [7, 11) is 0. The molecule has 0 radical (unpaired) electrons. The van der Waals surface area contributed by atoms with Crippen LogP contribution in [0.25, 0.3) is 0 Å². The number of nitrogens with one attached hydrogen (secondary N) is 1. The molecule has 0 saturated carbocycles. The molecule has 0 bridgehead atoms. The first-order valence-corrected chi connectivity index (χ1v) is 7.12. The minimum Gasteiger partial charge on any atom is -0.506 e. The van der Waals surface area contributed by atoms with Crippen molar-refractivity contribution < 1.29 is 19.4 Å². The van der Waals surface area contributed by atoms with Crippen LogP contribution in [0.4, 0.5) is 5.69 Å². The van der Waals surface area contributed by atoms with Gasteiger partial charge in [-0.25, -0.2) is 0 Å². The molecule has 2 N–H and O–H groups in total. The van der Waals surface area contributed by atoms with E-state index in [9.17, 15) is 9.90 Å². The number of rotatable bonds is 2. The highest BCUT2D eigenvalue weighted by atomic mass is 35.5. The number of phenolic OH excluding ortho intramolecular Hbond substituents is 1. The molecule has 114 valence electrons. The van der Waals surface area contributed by atoms with Gasteiger partial charge in [-0.2, -0.15) is 0 Å². The maximum Gasteiger partial charge on any atom is 0.255 e. The van der Waals surface area contributed by atoms with E-state index in [4.69, 9.17) is 21.1 Å². The largest absolute Gasteiger partial charge is 0.506 e. The van der Waals surface area contributed by atoms with Crippen LogP contribution in [-0.2, 0) is 0 Å². The number of phenols is 1. The third kappa shape index (κ3) is 2.80. The van der Waals surface area contributed by atoms with Crippen molar-refractivity contribution >= 4 is 23.2 Å². The minimum atomic E-state index is -0.391. The SMILES string of the molecule is Cc1ccc(NC(=O)c2cc(Cl)c3c(c2)OCCO3)c(O)c1. The van der Waals surface area contributed by atoms with Gasteiger partial charge in [0.2, 0.25) is 0 Å². The Balaban J connectivity index is 1.87. The van der Waals surface area contributed by atoms with Crippen LogP contribution in [0, 0.1) is 6.92 Å². The Hall–Kier alpha value is -2.40. The van der Waals surface area contributed by atoms with Crippen LogP contribution in [0.3, 0.4) is 0 Å².